The number of nitrogens with one attached hydrogen (secondary N) is 1. The number of carboxylic acids is 1. The molecule has 0 unspecified atom stereocenters. The second-order valence-corrected chi connectivity index (χ2v) is 15.1. The summed E-state index contributed by atoms with van der Waals surface area (Å²) >= 11 is 7.90. The largest absolute Gasteiger partial charge is 0.491 e. The van der Waals surface area contributed by atoms with Crippen LogP contribution in [0.5, 0.6) is 5.75 Å². The molecule has 5 rings (SSSR count). The number of rotatable bonds is 29. The first-order valence-electron chi connectivity index (χ1n) is 19.9. The van der Waals surface area contributed by atoms with Gasteiger partial charge in [0.25, 0.3) is 0 Å². The number of carbonyl (C=O) groups excluding carboxylic acids is 1. The van der Waals surface area contributed by atoms with Gasteiger partial charge in [-0.05, 0) is 62.7 Å². The number of amides is 1. The van der Waals surface area contributed by atoms with E-state index in [9.17, 15) is 9.59 Å². The van der Waals surface area contributed by atoms with Crippen LogP contribution in [0.2, 0.25) is 5.02 Å². The summed E-state index contributed by atoms with van der Waals surface area (Å²) in [4.78, 5) is 30.2. The lowest BCUT2D eigenvalue weighted by molar-refractivity contribution is -0.138. The Hall–Kier alpha value is -4.30. The Labute approximate surface area is 359 Å². The molecule has 2 N–H and O–H groups in total. The molecule has 326 valence electrons. The maximum absolute atomic E-state index is 13.5. The van der Waals surface area contributed by atoms with Crippen LogP contribution in [-0.4, -0.2) is 137 Å². The molecule has 60 heavy (non-hydrogen) atoms. The molecular weight excluding hydrogens is 818 g/mol. The average Bonchev–Trinajstić information content (AvgIpc) is 3.71. The molecule has 3 heterocycles. The van der Waals surface area contributed by atoms with E-state index in [4.69, 9.17) is 59.6 Å². The first kappa shape index (κ1) is 46.8. The predicted octanol–water partition coefficient (Wildman–Crippen LogP) is 5.80. The number of ether oxygens (including phenoxy) is 8. The van der Waals surface area contributed by atoms with Crippen molar-refractivity contribution in [3.8, 4) is 10.8 Å². The Morgan fingerprint density at radius 1 is 0.717 bits per heavy atom. The Morgan fingerprint density at radius 3 is 1.77 bits per heavy atom. The van der Waals surface area contributed by atoms with Crippen molar-refractivity contribution in [2.75, 3.05) is 104 Å². The lowest BCUT2D eigenvalue weighted by Gasteiger charge is -2.13. The number of carbonyl (C=O) groups is 2. The highest BCUT2D eigenvalue weighted by Crippen LogP contribution is 2.39. The fraction of sp³-hybridized carbons (Fsp3) is 0.500. The van der Waals surface area contributed by atoms with Crippen molar-refractivity contribution in [1.29, 1.82) is 0 Å². The fourth-order valence-corrected chi connectivity index (χ4v) is 7.29. The first-order valence-corrected chi connectivity index (χ1v) is 21.1. The van der Waals surface area contributed by atoms with Gasteiger partial charge in [-0.1, -0.05) is 23.7 Å². The first-order chi connectivity index (χ1) is 29.2. The highest BCUT2D eigenvalue weighted by molar-refractivity contribution is 7.15. The van der Waals surface area contributed by atoms with E-state index in [-0.39, 0.29) is 25.4 Å². The monoisotopic (exact) mass is 871 g/mol. The van der Waals surface area contributed by atoms with Crippen LogP contribution in [0, 0.1) is 20.8 Å². The molecule has 1 atom stereocenters. The third-order valence-electron chi connectivity index (χ3n) is 9.06. The van der Waals surface area contributed by atoms with Gasteiger partial charge in [-0.25, -0.2) is 0 Å². The lowest BCUT2D eigenvalue weighted by atomic mass is 9.99. The number of aliphatic imine (C=N–C) groups is 1. The van der Waals surface area contributed by atoms with Crippen molar-refractivity contribution in [2.45, 2.75) is 39.7 Å². The normalized spacial score (nSPS) is 13.4. The van der Waals surface area contributed by atoms with Gasteiger partial charge < -0.3 is 48.3 Å². The minimum Gasteiger partial charge on any atom is -0.491 e. The van der Waals surface area contributed by atoms with E-state index in [0.717, 1.165) is 33.2 Å². The number of aromatic nitrogens is 3. The van der Waals surface area contributed by atoms with E-state index in [0.29, 0.717) is 115 Å². The van der Waals surface area contributed by atoms with Crippen LogP contribution < -0.4 is 10.1 Å². The second kappa shape index (κ2) is 25.5. The van der Waals surface area contributed by atoms with E-state index in [1.807, 2.05) is 35.8 Å². The summed E-state index contributed by atoms with van der Waals surface area (Å²) < 4.78 is 45.9. The Bertz CT molecular complexity index is 1960. The molecule has 0 saturated carbocycles. The highest BCUT2D eigenvalue weighted by Gasteiger charge is 2.32. The number of thiophene rings is 1. The SMILES string of the molecule is Cc1sc2c(c1C)C(c1ccc(Cl)cc1)=N[C@@H](CC(=O)Nc1ccc(OCCOCCOCCOCCOCCOCCOCCOCCC(=O)O)cc1)c1nnc(C)n1-2. The zero-order chi connectivity index (χ0) is 42.5. The summed E-state index contributed by atoms with van der Waals surface area (Å²) in [5, 5.41) is 22.0. The highest BCUT2D eigenvalue weighted by atomic mass is 35.5. The fourth-order valence-electron chi connectivity index (χ4n) is 5.95. The predicted molar refractivity (Wildman–Crippen MR) is 226 cm³/mol. The van der Waals surface area contributed by atoms with Crippen molar-refractivity contribution in [3.05, 3.63) is 86.8 Å². The van der Waals surface area contributed by atoms with Crippen LogP contribution in [-0.2, 0) is 42.7 Å². The molecule has 4 aromatic rings. The number of benzene rings is 2. The third kappa shape index (κ3) is 15.0. The number of fused-ring (bicyclic) bond motifs is 3. The van der Waals surface area contributed by atoms with E-state index >= 15 is 0 Å². The Morgan fingerprint density at radius 2 is 1.23 bits per heavy atom. The molecule has 0 spiro atoms. The van der Waals surface area contributed by atoms with Gasteiger partial charge in [0.15, 0.2) is 5.82 Å². The molecular formula is C42H54ClN5O11S. The van der Waals surface area contributed by atoms with Gasteiger partial charge in [-0.15, -0.1) is 21.5 Å². The van der Waals surface area contributed by atoms with Gasteiger partial charge in [0, 0.05) is 26.7 Å². The van der Waals surface area contributed by atoms with E-state index in [1.54, 1.807) is 35.6 Å². The van der Waals surface area contributed by atoms with E-state index < -0.39 is 12.0 Å². The summed E-state index contributed by atoms with van der Waals surface area (Å²) in [6.07, 6.45) is 0.0557. The quantitative estimate of drug-likeness (QED) is 0.0626. The van der Waals surface area contributed by atoms with Crippen molar-refractivity contribution < 1.29 is 52.6 Å². The van der Waals surface area contributed by atoms with E-state index in [1.165, 1.54) is 4.88 Å². The number of halogens is 1. The van der Waals surface area contributed by atoms with Crippen molar-refractivity contribution in [3.63, 3.8) is 0 Å². The molecule has 1 amide bonds. The molecule has 0 aliphatic carbocycles. The van der Waals surface area contributed by atoms with Gasteiger partial charge in [0.1, 0.15) is 29.2 Å². The van der Waals surface area contributed by atoms with Crippen LogP contribution in [0.3, 0.4) is 0 Å². The summed E-state index contributed by atoms with van der Waals surface area (Å²) in [5.74, 6) is 0.923. The summed E-state index contributed by atoms with van der Waals surface area (Å²) in [6, 6.07) is 14.2. The molecule has 2 aromatic carbocycles. The minimum absolute atomic E-state index is 0.0126. The number of hydrogen-bond acceptors (Lipinski definition) is 14. The molecule has 0 bridgehead atoms. The number of nitrogens with zero attached hydrogens (tertiary/aromatic N) is 4. The number of aliphatic carboxylic acids is 1. The molecule has 2 aromatic heterocycles. The molecule has 1 aliphatic heterocycles. The second-order valence-electron chi connectivity index (χ2n) is 13.5. The van der Waals surface area contributed by atoms with Crippen molar-refractivity contribution >= 4 is 46.2 Å². The van der Waals surface area contributed by atoms with E-state index in [2.05, 4.69) is 29.4 Å². The molecule has 0 saturated heterocycles. The molecule has 1 aliphatic rings. The van der Waals surface area contributed by atoms with Crippen LogP contribution in [0.4, 0.5) is 5.69 Å². The standard InChI is InChI=1S/C42H54ClN5O11S/c1-29-30(2)60-42-39(29)40(32-4-6-33(43)7-5-32)45-36(41-47-46-31(3)48(41)42)28-37(49)44-34-8-10-35(11-9-34)59-27-26-58-25-24-57-23-22-56-21-20-55-19-18-54-17-16-53-15-14-52-13-12-38(50)51/h4-11,36H,12-28H2,1-3H3,(H,44,49)(H,50,51)/t36-/m0/s1. The van der Waals surface area contributed by atoms with Gasteiger partial charge in [0.05, 0.1) is 111 Å². The van der Waals surface area contributed by atoms with Gasteiger partial charge in [-0.3, -0.25) is 19.1 Å². The number of carboxylic acid groups (broad SMARTS) is 1. The molecule has 0 radical (unpaired) electrons. The van der Waals surface area contributed by atoms with Gasteiger partial charge in [-0.2, -0.15) is 0 Å². The van der Waals surface area contributed by atoms with Crippen LogP contribution in [0.25, 0.3) is 5.00 Å². The third-order valence-corrected chi connectivity index (χ3v) is 10.5. The molecule has 18 heteroatoms. The zero-order valence-electron chi connectivity index (χ0n) is 34.3. The summed E-state index contributed by atoms with van der Waals surface area (Å²) in [6.45, 7) is 12.3. The Kier molecular flexibility index (Phi) is 19.8. The van der Waals surface area contributed by atoms with Crippen LogP contribution >= 0.6 is 22.9 Å². The molecule has 16 nitrogen and oxygen atoms in total. The van der Waals surface area contributed by atoms with Crippen molar-refractivity contribution in [1.82, 2.24) is 14.8 Å². The maximum Gasteiger partial charge on any atom is 0.305 e. The minimum atomic E-state index is -0.882. The Balaban J connectivity index is 0.905. The average molecular weight is 872 g/mol. The summed E-state index contributed by atoms with van der Waals surface area (Å²) in [5.41, 5.74) is 4.49. The van der Waals surface area contributed by atoms with Gasteiger partial charge in [0.2, 0.25) is 5.91 Å². The van der Waals surface area contributed by atoms with Gasteiger partial charge >= 0.3 is 5.97 Å². The summed E-state index contributed by atoms with van der Waals surface area (Å²) in [7, 11) is 0. The zero-order valence-corrected chi connectivity index (χ0v) is 35.9. The van der Waals surface area contributed by atoms with Crippen LogP contribution in [0.1, 0.15) is 52.1 Å². The maximum atomic E-state index is 13.5. The van der Waals surface area contributed by atoms with Crippen LogP contribution in [0.15, 0.2) is 53.5 Å². The van der Waals surface area contributed by atoms with Crippen molar-refractivity contribution in [2.24, 2.45) is 4.99 Å². The smallest absolute Gasteiger partial charge is 0.305 e. The topological polar surface area (TPSA) is 183 Å². The number of aryl methyl sites for hydroxylation is 2. The molecule has 0 fully saturated rings. The number of anilines is 1. The lowest BCUT2D eigenvalue weighted by Crippen LogP contribution is -2.17. The number of hydrogen-bond donors (Lipinski definition) is 2.